The molecule has 0 unspecified atom stereocenters. The van der Waals surface area contributed by atoms with Gasteiger partial charge in [-0.3, -0.25) is 9.88 Å². The maximum absolute atomic E-state index is 10.6. The summed E-state index contributed by atoms with van der Waals surface area (Å²) in [6.45, 7) is 7.06. The van der Waals surface area contributed by atoms with Crippen molar-refractivity contribution < 1.29 is 55.6 Å². The molecular formula is C20H24F6N2O6. The largest absolute Gasteiger partial charge is 0.490 e. The number of pyridine rings is 1. The lowest BCUT2D eigenvalue weighted by Gasteiger charge is -2.32. The van der Waals surface area contributed by atoms with Crippen molar-refractivity contribution in [1.82, 2.24) is 9.88 Å². The molecule has 2 fully saturated rings. The molecule has 2 N–H and O–H groups in total. The molecule has 1 aromatic rings. The second-order valence-corrected chi connectivity index (χ2v) is 7.10. The number of fused-ring (bicyclic) bond motifs is 1. The van der Waals surface area contributed by atoms with E-state index in [1.807, 2.05) is 18.5 Å². The minimum absolute atomic E-state index is 0.167. The van der Waals surface area contributed by atoms with Gasteiger partial charge in [-0.15, -0.1) is 6.58 Å². The van der Waals surface area contributed by atoms with Crippen LogP contribution in [-0.2, 0) is 25.6 Å². The zero-order valence-corrected chi connectivity index (χ0v) is 17.8. The first-order valence-corrected chi connectivity index (χ1v) is 9.84. The van der Waals surface area contributed by atoms with Crippen molar-refractivity contribution in [2.45, 2.75) is 50.0 Å². The van der Waals surface area contributed by atoms with E-state index in [-0.39, 0.29) is 12.2 Å². The fraction of sp³-hybridized carbons (Fsp3) is 0.550. The second kappa shape index (κ2) is 13.2. The van der Waals surface area contributed by atoms with Crippen molar-refractivity contribution >= 4 is 11.9 Å². The van der Waals surface area contributed by atoms with Gasteiger partial charge in [0.2, 0.25) is 0 Å². The van der Waals surface area contributed by atoms with E-state index < -0.39 is 24.3 Å². The van der Waals surface area contributed by atoms with Crippen molar-refractivity contribution in [1.29, 1.82) is 0 Å². The van der Waals surface area contributed by atoms with Gasteiger partial charge in [0.15, 0.2) is 0 Å². The van der Waals surface area contributed by atoms with Crippen LogP contribution in [0.25, 0.3) is 0 Å². The smallest absolute Gasteiger partial charge is 0.475 e. The summed E-state index contributed by atoms with van der Waals surface area (Å²) in [5.41, 5.74) is 1.30. The molecule has 0 saturated carbocycles. The number of rotatable bonds is 5. The summed E-state index contributed by atoms with van der Waals surface area (Å²) in [6, 6.07) is 4.64. The van der Waals surface area contributed by atoms with Crippen LogP contribution in [0.2, 0.25) is 0 Å². The van der Waals surface area contributed by atoms with Crippen LogP contribution in [0.4, 0.5) is 26.3 Å². The maximum Gasteiger partial charge on any atom is 0.490 e. The number of likely N-dealkylation sites (tertiary alicyclic amines) is 1. The molecule has 0 spiro atoms. The zero-order chi connectivity index (χ0) is 25.9. The van der Waals surface area contributed by atoms with Crippen LogP contribution < -0.4 is 0 Å². The number of hydrogen-bond acceptors (Lipinski definition) is 6. The highest BCUT2D eigenvalue weighted by Crippen LogP contribution is 2.31. The minimum Gasteiger partial charge on any atom is -0.475 e. The Morgan fingerprint density at radius 2 is 1.68 bits per heavy atom. The number of ether oxygens (including phenoxy) is 2. The van der Waals surface area contributed by atoms with Crippen LogP contribution in [0.3, 0.4) is 0 Å². The van der Waals surface area contributed by atoms with Crippen molar-refractivity contribution in [2.24, 2.45) is 0 Å². The molecule has 0 amide bonds. The predicted octanol–water partition coefficient (Wildman–Crippen LogP) is 3.28. The Bertz CT molecular complexity index is 766. The van der Waals surface area contributed by atoms with Gasteiger partial charge in [0.1, 0.15) is 6.10 Å². The summed E-state index contributed by atoms with van der Waals surface area (Å²) >= 11 is 0. The predicted molar refractivity (Wildman–Crippen MR) is 105 cm³/mol. The first-order chi connectivity index (χ1) is 15.8. The highest BCUT2D eigenvalue weighted by molar-refractivity contribution is 5.73. The quantitative estimate of drug-likeness (QED) is 0.467. The SMILES string of the molecule is C=CCO[C@@H]1CN(Cc2ccncc2)[C@@H]2CCCO[C@@H]21.O=C(O)C(F)(F)F.O=C(O)C(F)(F)F. The Morgan fingerprint density at radius 1 is 1.15 bits per heavy atom. The van der Waals surface area contributed by atoms with Gasteiger partial charge in [-0.1, -0.05) is 6.08 Å². The summed E-state index contributed by atoms with van der Waals surface area (Å²) in [5.74, 6) is -5.51. The molecule has 8 nitrogen and oxygen atoms in total. The standard InChI is InChI=1S/C16H22N2O2.2C2HF3O2/c1-2-9-19-15-12-18(11-13-5-7-17-8-6-13)14-4-3-10-20-16(14)15;2*3-2(4,5)1(6)7/h2,5-8,14-16H,1,3-4,9-12H2;2*(H,6,7)/t14-,15-,16+;;/m1../s1. The van der Waals surface area contributed by atoms with E-state index in [1.54, 1.807) is 0 Å². The number of nitrogens with zero attached hydrogens (tertiary/aromatic N) is 2. The number of carboxylic acids is 2. The molecule has 0 radical (unpaired) electrons. The molecule has 3 heterocycles. The molecule has 1 aromatic heterocycles. The Hall–Kier alpha value is -2.71. The van der Waals surface area contributed by atoms with E-state index in [0.29, 0.717) is 12.6 Å². The van der Waals surface area contributed by atoms with Gasteiger partial charge in [0.05, 0.1) is 12.7 Å². The number of aromatic nitrogens is 1. The molecule has 0 aromatic carbocycles. The third-order valence-corrected chi connectivity index (χ3v) is 4.63. The van der Waals surface area contributed by atoms with Gasteiger partial charge in [-0.2, -0.15) is 26.3 Å². The van der Waals surface area contributed by atoms with Crippen LogP contribution in [0.5, 0.6) is 0 Å². The topological polar surface area (TPSA) is 109 Å². The maximum atomic E-state index is 10.6. The van der Waals surface area contributed by atoms with Crippen molar-refractivity contribution in [3.05, 3.63) is 42.7 Å². The monoisotopic (exact) mass is 502 g/mol. The van der Waals surface area contributed by atoms with Gasteiger partial charge in [0, 0.05) is 38.1 Å². The molecule has 192 valence electrons. The Morgan fingerprint density at radius 3 is 2.15 bits per heavy atom. The number of halogens is 6. The fourth-order valence-electron chi connectivity index (χ4n) is 3.25. The first-order valence-electron chi connectivity index (χ1n) is 9.84. The van der Waals surface area contributed by atoms with E-state index >= 15 is 0 Å². The number of carboxylic acid groups (broad SMARTS) is 2. The summed E-state index contributed by atoms with van der Waals surface area (Å²) in [4.78, 5) is 24.4. The van der Waals surface area contributed by atoms with E-state index in [0.717, 1.165) is 26.1 Å². The van der Waals surface area contributed by atoms with Crippen molar-refractivity contribution in [2.75, 3.05) is 19.8 Å². The number of carbonyl (C=O) groups is 2. The lowest BCUT2D eigenvalue weighted by molar-refractivity contribution is -0.193. The minimum atomic E-state index is -5.08. The zero-order valence-electron chi connectivity index (χ0n) is 17.8. The highest BCUT2D eigenvalue weighted by atomic mass is 19.4. The number of alkyl halides is 6. The summed E-state index contributed by atoms with van der Waals surface area (Å²) < 4.78 is 75.3. The Kier molecular flexibility index (Phi) is 11.4. The molecular weight excluding hydrogens is 478 g/mol. The van der Waals surface area contributed by atoms with E-state index in [2.05, 4.69) is 28.6 Å². The average molecular weight is 502 g/mol. The molecule has 3 rings (SSSR count). The molecule has 2 aliphatic heterocycles. The lowest BCUT2D eigenvalue weighted by atomic mass is 10.0. The normalized spacial score (nSPS) is 22.4. The van der Waals surface area contributed by atoms with Crippen molar-refractivity contribution in [3.63, 3.8) is 0 Å². The Balaban J connectivity index is 0.000000343. The molecule has 14 heteroatoms. The van der Waals surface area contributed by atoms with E-state index in [9.17, 15) is 26.3 Å². The van der Waals surface area contributed by atoms with Gasteiger partial charge in [-0.05, 0) is 30.5 Å². The fourth-order valence-corrected chi connectivity index (χ4v) is 3.25. The summed E-state index contributed by atoms with van der Waals surface area (Å²) in [7, 11) is 0. The van der Waals surface area contributed by atoms with Gasteiger partial charge >= 0.3 is 24.3 Å². The molecule has 0 bridgehead atoms. The second-order valence-electron chi connectivity index (χ2n) is 7.10. The Labute approximate surface area is 190 Å². The third-order valence-electron chi connectivity index (χ3n) is 4.63. The van der Waals surface area contributed by atoms with Crippen LogP contribution >= 0.6 is 0 Å². The van der Waals surface area contributed by atoms with Crippen LogP contribution in [-0.4, -0.2) is 82.4 Å². The van der Waals surface area contributed by atoms with Crippen molar-refractivity contribution in [3.8, 4) is 0 Å². The molecule has 2 saturated heterocycles. The molecule has 3 atom stereocenters. The van der Waals surface area contributed by atoms with Gasteiger partial charge in [0.25, 0.3) is 0 Å². The summed E-state index contributed by atoms with van der Waals surface area (Å²) in [6.07, 6.45) is -1.93. The summed E-state index contributed by atoms with van der Waals surface area (Å²) in [5, 5.41) is 14.2. The molecule has 34 heavy (non-hydrogen) atoms. The number of hydrogen-bond donors (Lipinski definition) is 2. The van der Waals surface area contributed by atoms with E-state index in [1.165, 1.54) is 12.0 Å². The van der Waals surface area contributed by atoms with Crippen LogP contribution in [0, 0.1) is 0 Å². The molecule has 0 aliphatic carbocycles. The van der Waals surface area contributed by atoms with Crippen LogP contribution in [0.1, 0.15) is 18.4 Å². The molecule has 2 aliphatic rings. The van der Waals surface area contributed by atoms with Gasteiger partial charge < -0.3 is 19.7 Å². The highest BCUT2D eigenvalue weighted by Gasteiger charge is 2.44. The van der Waals surface area contributed by atoms with Gasteiger partial charge in [-0.25, -0.2) is 9.59 Å². The first kappa shape index (κ1) is 29.3. The van der Waals surface area contributed by atoms with E-state index in [4.69, 9.17) is 29.3 Å². The number of aliphatic carboxylic acids is 2. The lowest BCUT2D eigenvalue weighted by Crippen LogP contribution is -2.41. The van der Waals surface area contributed by atoms with Crippen LogP contribution in [0.15, 0.2) is 37.2 Å². The average Bonchev–Trinajstić information content (AvgIpc) is 3.10. The third kappa shape index (κ3) is 10.1.